The van der Waals surface area contributed by atoms with Crippen LogP contribution in [0.15, 0.2) is 24.3 Å². The minimum atomic E-state index is -3.45. The summed E-state index contributed by atoms with van der Waals surface area (Å²) in [4.78, 5) is 11.8. The third kappa shape index (κ3) is 3.57. The number of rotatable bonds is 5. The van der Waals surface area contributed by atoms with Gasteiger partial charge in [-0.1, -0.05) is 18.2 Å². The van der Waals surface area contributed by atoms with E-state index in [2.05, 4.69) is 0 Å². The molecule has 0 saturated heterocycles. The molecule has 0 spiro atoms. The highest BCUT2D eigenvalue weighted by Gasteiger charge is 2.26. The van der Waals surface area contributed by atoms with Crippen LogP contribution in [0.5, 0.6) is 5.75 Å². The summed E-state index contributed by atoms with van der Waals surface area (Å²) in [6.45, 7) is 0. The zero-order valence-electron chi connectivity index (χ0n) is 10.1. The minimum absolute atomic E-state index is 0.385. The zero-order chi connectivity index (χ0) is 13.8. The fraction of sp³-hybridized carbons (Fsp3) is 0.333. The van der Waals surface area contributed by atoms with Crippen LogP contribution < -0.4 is 4.74 Å². The second kappa shape index (κ2) is 5.65. The molecule has 0 fully saturated rings. The minimum Gasteiger partial charge on any atom is -0.496 e. The lowest BCUT2D eigenvalue weighted by Crippen LogP contribution is -2.21. The first-order valence-corrected chi connectivity index (χ1v) is 7.18. The molecular formula is C12H13NO4S. The van der Waals surface area contributed by atoms with Crippen molar-refractivity contribution in [3.8, 4) is 11.8 Å². The number of nitrogens with zero attached hydrogens (tertiary/aromatic N) is 1. The molecule has 5 nitrogen and oxygen atoms in total. The van der Waals surface area contributed by atoms with Crippen LogP contribution in [0.25, 0.3) is 0 Å². The molecule has 0 saturated carbocycles. The molecular weight excluding hydrogens is 254 g/mol. The molecule has 1 rings (SSSR count). The SMILES string of the molecule is COc1ccccc1C(C#N)C(=O)CS(C)(=O)=O. The monoisotopic (exact) mass is 267 g/mol. The van der Waals surface area contributed by atoms with Crippen LogP contribution in [0, 0.1) is 11.3 Å². The van der Waals surface area contributed by atoms with Crippen LogP contribution in [0.4, 0.5) is 0 Å². The normalized spacial score (nSPS) is 12.5. The van der Waals surface area contributed by atoms with Crippen molar-refractivity contribution in [3.05, 3.63) is 29.8 Å². The number of methoxy groups -OCH3 is 1. The highest BCUT2D eigenvalue weighted by atomic mass is 32.2. The van der Waals surface area contributed by atoms with Gasteiger partial charge in [0.05, 0.1) is 13.2 Å². The van der Waals surface area contributed by atoms with Gasteiger partial charge >= 0.3 is 0 Å². The first-order valence-electron chi connectivity index (χ1n) is 5.12. The van der Waals surface area contributed by atoms with Gasteiger partial charge in [-0.15, -0.1) is 0 Å². The molecule has 18 heavy (non-hydrogen) atoms. The molecule has 1 aromatic carbocycles. The van der Waals surface area contributed by atoms with E-state index in [4.69, 9.17) is 10.00 Å². The van der Waals surface area contributed by atoms with Crippen molar-refractivity contribution < 1.29 is 17.9 Å². The number of sulfone groups is 1. The summed E-state index contributed by atoms with van der Waals surface area (Å²) in [7, 11) is -2.02. The van der Waals surface area contributed by atoms with E-state index in [-0.39, 0.29) is 0 Å². The van der Waals surface area contributed by atoms with Gasteiger partial charge in [0.1, 0.15) is 17.4 Å². The number of benzene rings is 1. The van der Waals surface area contributed by atoms with Crippen LogP contribution >= 0.6 is 0 Å². The topological polar surface area (TPSA) is 84.2 Å². The molecule has 0 radical (unpaired) electrons. The average molecular weight is 267 g/mol. The van der Waals surface area contributed by atoms with Crippen LogP contribution in [0.3, 0.4) is 0 Å². The predicted molar refractivity (Wildman–Crippen MR) is 66.1 cm³/mol. The molecule has 0 aliphatic rings. The van der Waals surface area contributed by atoms with Crippen molar-refractivity contribution in [2.24, 2.45) is 0 Å². The maximum absolute atomic E-state index is 11.8. The lowest BCUT2D eigenvalue weighted by atomic mass is 9.96. The van der Waals surface area contributed by atoms with Gasteiger partial charge in [0.25, 0.3) is 0 Å². The third-order valence-electron chi connectivity index (χ3n) is 2.31. The van der Waals surface area contributed by atoms with Crippen molar-refractivity contribution in [3.63, 3.8) is 0 Å². The van der Waals surface area contributed by atoms with Crippen molar-refractivity contribution in [1.82, 2.24) is 0 Å². The Morgan fingerprint density at radius 1 is 1.44 bits per heavy atom. The van der Waals surface area contributed by atoms with Crippen molar-refractivity contribution in [1.29, 1.82) is 5.26 Å². The Labute approximate surface area is 106 Å². The van der Waals surface area contributed by atoms with E-state index < -0.39 is 27.3 Å². The number of ketones is 1. The molecule has 0 aliphatic carbocycles. The first-order chi connectivity index (χ1) is 8.39. The quantitative estimate of drug-likeness (QED) is 0.792. The number of ether oxygens (including phenoxy) is 1. The van der Waals surface area contributed by atoms with Gasteiger partial charge in [0.2, 0.25) is 0 Å². The number of hydrogen-bond donors (Lipinski definition) is 0. The summed E-state index contributed by atoms with van der Waals surface area (Å²) in [6, 6.07) is 8.38. The summed E-state index contributed by atoms with van der Waals surface area (Å²) < 4.78 is 27.2. The molecule has 0 aliphatic heterocycles. The van der Waals surface area contributed by atoms with E-state index in [0.717, 1.165) is 6.26 Å². The summed E-state index contributed by atoms with van der Waals surface area (Å²) in [5.41, 5.74) is 0.385. The van der Waals surface area contributed by atoms with Crippen LogP contribution in [-0.4, -0.2) is 33.3 Å². The van der Waals surface area contributed by atoms with E-state index in [1.54, 1.807) is 24.3 Å². The number of hydrogen-bond acceptors (Lipinski definition) is 5. The van der Waals surface area contributed by atoms with Crippen LogP contribution in [-0.2, 0) is 14.6 Å². The molecule has 0 heterocycles. The highest BCUT2D eigenvalue weighted by Crippen LogP contribution is 2.26. The summed E-state index contributed by atoms with van der Waals surface area (Å²) >= 11 is 0. The third-order valence-corrected chi connectivity index (χ3v) is 3.11. The summed E-state index contributed by atoms with van der Waals surface area (Å²) in [6.07, 6.45) is 0.960. The molecule has 0 N–H and O–H groups in total. The Balaban J connectivity index is 3.11. The van der Waals surface area contributed by atoms with Gasteiger partial charge in [-0.3, -0.25) is 4.79 Å². The Bertz CT molecular complexity index is 586. The van der Waals surface area contributed by atoms with Crippen LogP contribution in [0.1, 0.15) is 11.5 Å². The molecule has 0 bridgehead atoms. The number of nitriles is 1. The smallest absolute Gasteiger partial charge is 0.169 e. The van der Waals surface area contributed by atoms with Gasteiger partial charge < -0.3 is 4.74 Å². The molecule has 1 unspecified atom stereocenters. The second-order valence-corrected chi connectivity index (χ2v) is 5.98. The van der Waals surface area contributed by atoms with Crippen LogP contribution in [0.2, 0.25) is 0 Å². The summed E-state index contributed by atoms with van der Waals surface area (Å²) in [5.74, 6) is -2.03. The highest BCUT2D eigenvalue weighted by molar-refractivity contribution is 7.91. The van der Waals surface area contributed by atoms with Gasteiger partial charge in [0, 0.05) is 11.8 Å². The van der Waals surface area contributed by atoms with E-state index in [9.17, 15) is 13.2 Å². The van der Waals surface area contributed by atoms with Crippen molar-refractivity contribution in [2.45, 2.75) is 5.92 Å². The van der Waals surface area contributed by atoms with E-state index in [1.165, 1.54) is 7.11 Å². The van der Waals surface area contributed by atoms with Gasteiger partial charge in [-0.2, -0.15) is 5.26 Å². The average Bonchev–Trinajstić information content (AvgIpc) is 2.28. The Morgan fingerprint density at radius 3 is 2.56 bits per heavy atom. The van der Waals surface area contributed by atoms with Gasteiger partial charge in [-0.05, 0) is 6.07 Å². The standard InChI is InChI=1S/C12H13NO4S/c1-17-12-6-4-3-5-9(12)10(7-13)11(14)8-18(2,15)16/h3-6,10H,8H2,1-2H3. The van der Waals surface area contributed by atoms with E-state index in [1.807, 2.05) is 6.07 Å². The molecule has 6 heteroatoms. The second-order valence-electron chi connectivity index (χ2n) is 3.84. The summed E-state index contributed by atoms with van der Waals surface area (Å²) in [5, 5.41) is 9.05. The maximum atomic E-state index is 11.8. The molecule has 0 amide bonds. The number of carbonyl (C=O) groups excluding carboxylic acids is 1. The largest absolute Gasteiger partial charge is 0.496 e. The Morgan fingerprint density at radius 2 is 2.06 bits per heavy atom. The van der Waals surface area contributed by atoms with Gasteiger partial charge in [0.15, 0.2) is 15.6 Å². The fourth-order valence-electron chi connectivity index (χ4n) is 1.56. The van der Waals surface area contributed by atoms with E-state index in [0.29, 0.717) is 11.3 Å². The van der Waals surface area contributed by atoms with E-state index >= 15 is 0 Å². The first kappa shape index (κ1) is 14.2. The Kier molecular flexibility index (Phi) is 4.45. The Hall–Kier alpha value is -1.87. The van der Waals surface area contributed by atoms with Gasteiger partial charge in [-0.25, -0.2) is 8.42 Å². The predicted octanol–water partition coefficient (Wildman–Crippen LogP) is 0.916. The molecule has 0 aromatic heterocycles. The lowest BCUT2D eigenvalue weighted by molar-refractivity contribution is -0.117. The number of carbonyl (C=O) groups is 1. The number of Topliss-reactive ketones (excluding diaryl/α,β-unsaturated/α-hetero) is 1. The maximum Gasteiger partial charge on any atom is 0.169 e. The fourth-order valence-corrected chi connectivity index (χ4v) is 2.25. The zero-order valence-corrected chi connectivity index (χ0v) is 10.9. The molecule has 1 atom stereocenters. The lowest BCUT2D eigenvalue weighted by Gasteiger charge is -2.12. The number of para-hydroxylation sites is 1. The molecule has 1 aromatic rings. The van der Waals surface area contributed by atoms with Crippen molar-refractivity contribution >= 4 is 15.6 Å². The molecule has 96 valence electrons. The van der Waals surface area contributed by atoms with Crippen molar-refractivity contribution in [2.75, 3.05) is 19.1 Å².